The van der Waals surface area contributed by atoms with Crippen LogP contribution in [-0.4, -0.2) is 21.1 Å². The minimum absolute atomic E-state index is 0. The molecule has 1 aromatic rings. The Labute approximate surface area is 107 Å². The van der Waals surface area contributed by atoms with Gasteiger partial charge in [0.15, 0.2) is 0 Å². The van der Waals surface area contributed by atoms with Gasteiger partial charge in [0.1, 0.15) is 0 Å². The minimum Gasteiger partial charge on any atom is -0.447 e. The van der Waals surface area contributed by atoms with E-state index < -0.39 is 0 Å². The summed E-state index contributed by atoms with van der Waals surface area (Å²) in [6.45, 7) is 0. The second-order valence-electron chi connectivity index (χ2n) is 2.32. The van der Waals surface area contributed by atoms with Gasteiger partial charge in [-0.15, -0.1) is 6.07 Å². The molecule has 0 saturated heterocycles. The summed E-state index contributed by atoms with van der Waals surface area (Å²) in [6, 6.07) is 4.12. The zero-order valence-electron chi connectivity index (χ0n) is 9.65. The molecule has 0 heterocycles. The molecule has 4 heteroatoms. The van der Waals surface area contributed by atoms with Crippen LogP contribution in [0, 0.1) is 14.9 Å². The van der Waals surface area contributed by atoms with Gasteiger partial charge in [0.2, 0.25) is 0 Å². The first-order valence-electron chi connectivity index (χ1n) is 3.65. The zero-order valence-corrected chi connectivity index (χ0v) is 12.1. The monoisotopic (exact) mass is 272 g/mol. The molecule has 0 unspecified atom stereocenters. The average molecular weight is 274 g/mol. The van der Waals surface area contributed by atoms with Crippen molar-refractivity contribution in [3.8, 4) is 0 Å². The van der Waals surface area contributed by atoms with Crippen LogP contribution >= 0.6 is 0 Å². The fraction of sp³-hybridized carbons (Fsp3) is 0.300. The summed E-state index contributed by atoms with van der Waals surface area (Å²) >= 11 is 0. The van der Waals surface area contributed by atoms with Gasteiger partial charge in [-0.1, -0.05) is 17.1 Å². The Morgan fingerprint density at radius 2 is 1.57 bits per heavy atom. The molecule has 3 N–H and O–H groups in total. The number of rotatable bonds is 3. The van der Waals surface area contributed by atoms with E-state index in [1.54, 1.807) is 0 Å². The molecule has 14 heavy (non-hydrogen) atoms. The van der Waals surface area contributed by atoms with Crippen LogP contribution in [0.2, 0.25) is 0 Å². The van der Waals surface area contributed by atoms with Gasteiger partial charge in [-0.2, -0.15) is 6.07 Å². The SMILES string of the molecule is CNc1cc(NC)c(NC)[cH-]1.[CH3-].[CH3-].[Zr+3]. The smallest absolute Gasteiger partial charge is 0.447 e. The standard InChI is InChI=1S/C8H14N3.2CH3.Zr/c1-9-6-4-7(10-2)8(5-6)11-3;;;/h4-5,9-11H,1-3H3;2*1H3;/q3*-1;+3. The molecule has 0 bridgehead atoms. The maximum absolute atomic E-state index is 3.10. The predicted molar refractivity (Wildman–Crippen MR) is 63.5 cm³/mol. The van der Waals surface area contributed by atoms with Crippen LogP contribution in [-0.2, 0) is 26.2 Å². The van der Waals surface area contributed by atoms with Gasteiger partial charge >= 0.3 is 26.2 Å². The normalized spacial score (nSPS) is 7.36. The minimum atomic E-state index is 0. The molecule has 0 aliphatic heterocycles. The van der Waals surface area contributed by atoms with Crippen molar-refractivity contribution >= 4 is 17.1 Å². The fourth-order valence-electron chi connectivity index (χ4n) is 1.07. The van der Waals surface area contributed by atoms with Crippen molar-refractivity contribution in [3.05, 3.63) is 27.0 Å². The molecule has 79 valence electrons. The van der Waals surface area contributed by atoms with Crippen molar-refractivity contribution in [1.29, 1.82) is 0 Å². The molecule has 1 rings (SSSR count). The molecule has 0 atom stereocenters. The quantitative estimate of drug-likeness (QED) is 0.740. The van der Waals surface area contributed by atoms with Crippen LogP contribution in [0.5, 0.6) is 0 Å². The third-order valence-electron chi connectivity index (χ3n) is 1.72. The molecule has 3 nitrogen and oxygen atoms in total. The van der Waals surface area contributed by atoms with E-state index in [1.807, 2.05) is 21.1 Å². The van der Waals surface area contributed by atoms with Gasteiger partial charge in [-0.25, -0.2) is 0 Å². The van der Waals surface area contributed by atoms with E-state index >= 15 is 0 Å². The summed E-state index contributed by atoms with van der Waals surface area (Å²) in [6.07, 6.45) is 0. The Hall–Kier alpha value is -0.367. The second kappa shape index (κ2) is 9.20. The third-order valence-corrected chi connectivity index (χ3v) is 1.72. The molecular formula is C10H20N3Zr. The van der Waals surface area contributed by atoms with Crippen LogP contribution in [0.15, 0.2) is 12.1 Å². The molecule has 0 amide bonds. The number of anilines is 3. The van der Waals surface area contributed by atoms with Crippen molar-refractivity contribution < 1.29 is 26.2 Å². The van der Waals surface area contributed by atoms with Crippen LogP contribution in [0.3, 0.4) is 0 Å². The molecule has 0 saturated carbocycles. The van der Waals surface area contributed by atoms with Gasteiger partial charge in [0, 0.05) is 14.1 Å². The number of hydrogen-bond acceptors (Lipinski definition) is 3. The molecule has 0 spiro atoms. The summed E-state index contributed by atoms with van der Waals surface area (Å²) in [5, 5.41) is 9.27. The fourth-order valence-corrected chi connectivity index (χ4v) is 1.07. The molecular weight excluding hydrogens is 253 g/mol. The van der Waals surface area contributed by atoms with E-state index in [-0.39, 0.29) is 41.1 Å². The summed E-state index contributed by atoms with van der Waals surface area (Å²) in [5.74, 6) is 0. The zero-order chi connectivity index (χ0) is 8.27. The topological polar surface area (TPSA) is 36.1 Å². The maximum Gasteiger partial charge on any atom is 3.00 e. The van der Waals surface area contributed by atoms with E-state index in [9.17, 15) is 0 Å². The van der Waals surface area contributed by atoms with Crippen LogP contribution in [0.1, 0.15) is 0 Å². The summed E-state index contributed by atoms with van der Waals surface area (Å²) in [5.41, 5.74) is 3.37. The van der Waals surface area contributed by atoms with E-state index in [0.29, 0.717) is 0 Å². The van der Waals surface area contributed by atoms with Crippen molar-refractivity contribution in [2.24, 2.45) is 0 Å². The molecule has 0 aromatic heterocycles. The Morgan fingerprint density at radius 3 is 1.86 bits per heavy atom. The van der Waals surface area contributed by atoms with Crippen molar-refractivity contribution in [2.75, 3.05) is 37.1 Å². The van der Waals surface area contributed by atoms with Crippen LogP contribution < -0.4 is 16.0 Å². The van der Waals surface area contributed by atoms with Crippen molar-refractivity contribution in [3.63, 3.8) is 0 Å². The average Bonchev–Trinajstić information content (AvgIpc) is 2.46. The van der Waals surface area contributed by atoms with Crippen LogP contribution in [0.25, 0.3) is 0 Å². The summed E-state index contributed by atoms with van der Waals surface area (Å²) in [7, 11) is 5.74. The van der Waals surface area contributed by atoms with E-state index in [0.717, 1.165) is 17.1 Å². The van der Waals surface area contributed by atoms with E-state index in [2.05, 4.69) is 28.1 Å². The third kappa shape index (κ3) is 4.23. The maximum atomic E-state index is 3.10. The van der Waals surface area contributed by atoms with Gasteiger partial charge in [0.05, 0.1) is 0 Å². The van der Waals surface area contributed by atoms with E-state index in [1.165, 1.54) is 0 Å². The Balaban J connectivity index is -0.000000403. The second-order valence-corrected chi connectivity index (χ2v) is 2.32. The van der Waals surface area contributed by atoms with Gasteiger partial charge in [-0.05, 0) is 7.05 Å². The van der Waals surface area contributed by atoms with Gasteiger partial charge in [0.25, 0.3) is 0 Å². The molecule has 1 aromatic carbocycles. The Morgan fingerprint density at radius 1 is 1.00 bits per heavy atom. The van der Waals surface area contributed by atoms with Crippen molar-refractivity contribution in [2.45, 2.75) is 0 Å². The Bertz CT molecular complexity index is 212. The molecule has 0 fully saturated rings. The van der Waals surface area contributed by atoms with Crippen molar-refractivity contribution in [1.82, 2.24) is 0 Å². The van der Waals surface area contributed by atoms with E-state index in [4.69, 9.17) is 0 Å². The summed E-state index contributed by atoms with van der Waals surface area (Å²) in [4.78, 5) is 0. The largest absolute Gasteiger partial charge is 3.00 e. The molecule has 1 radical (unpaired) electrons. The first-order valence-corrected chi connectivity index (χ1v) is 3.65. The molecule has 0 aliphatic rings. The summed E-state index contributed by atoms with van der Waals surface area (Å²) < 4.78 is 0. The Kier molecular flexibility index (Phi) is 12.6. The van der Waals surface area contributed by atoms with Gasteiger partial charge < -0.3 is 30.8 Å². The first kappa shape index (κ1) is 19.2. The van der Waals surface area contributed by atoms with Crippen LogP contribution in [0.4, 0.5) is 17.1 Å². The number of nitrogens with one attached hydrogen (secondary N) is 3. The number of hydrogen-bond donors (Lipinski definition) is 3. The predicted octanol–water partition coefficient (Wildman–Crippen LogP) is 2.43. The first-order chi connectivity index (χ1) is 5.31. The van der Waals surface area contributed by atoms with Gasteiger partial charge in [-0.3, -0.25) is 0 Å². The molecule has 0 aliphatic carbocycles.